The minimum Gasteiger partial charge on any atom is -0.434 e. The summed E-state index contributed by atoms with van der Waals surface area (Å²) in [7, 11) is 0. The largest absolute Gasteiger partial charge is 0.434 e. The van der Waals surface area contributed by atoms with Crippen molar-refractivity contribution in [2.24, 2.45) is 0 Å². The molecule has 2 aromatic carbocycles. The second kappa shape index (κ2) is 15.4. The summed E-state index contributed by atoms with van der Waals surface area (Å²) in [5.41, 5.74) is 4.56. The maximum atomic E-state index is 15.2. The molecule has 1 saturated heterocycles. The van der Waals surface area contributed by atoms with Gasteiger partial charge in [-0.2, -0.15) is 8.78 Å². The second-order valence-electron chi connectivity index (χ2n) is 10.8. The standard InChI is InChI=1S/C33H34ClF3N6O3/c1-19-24(3-2-4-26(19)43-32-30(35)22(9-11-41-32)17-38-13-14-44)25-10-12-40-31(29(25)34)20-5-6-21(27(15-20)46-33(36)37)16-39-18-23-7-8-28(45)42-23/h2-6,9-12,15,23,33,38-39,44H,7-8,13-14,16-18H2,1H3,(H,41,43)(H,42,45)/t23-/m0/s1. The molecule has 0 spiro atoms. The first kappa shape index (κ1) is 33.1. The summed E-state index contributed by atoms with van der Waals surface area (Å²) >= 11 is 6.92. The lowest BCUT2D eigenvalue weighted by Crippen LogP contribution is -2.35. The van der Waals surface area contributed by atoms with E-state index in [9.17, 15) is 13.6 Å². The van der Waals surface area contributed by atoms with E-state index in [0.717, 1.165) is 17.5 Å². The number of nitrogens with one attached hydrogen (secondary N) is 4. The maximum Gasteiger partial charge on any atom is 0.387 e. The van der Waals surface area contributed by atoms with Gasteiger partial charge in [0.25, 0.3) is 0 Å². The quantitative estimate of drug-likeness (QED) is 0.110. The number of aliphatic hydroxyl groups is 1. The molecule has 242 valence electrons. The van der Waals surface area contributed by atoms with Crippen LogP contribution >= 0.6 is 11.6 Å². The number of ether oxygens (including phenoxy) is 1. The van der Waals surface area contributed by atoms with Gasteiger partial charge in [-0.1, -0.05) is 35.9 Å². The molecule has 0 aliphatic carbocycles. The molecule has 13 heteroatoms. The van der Waals surface area contributed by atoms with Crippen LogP contribution in [0.15, 0.2) is 60.9 Å². The number of amides is 1. The summed E-state index contributed by atoms with van der Waals surface area (Å²) in [4.78, 5) is 20.1. The summed E-state index contributed by atoms with van der Waals surface area (Å²) in [6.45, 7) is 0.107. The van der Waals surface area contributed by atoms with E-state index in [-0.39, 0.29) is 43.2 Å². The van der Waals surface area contributed by atoms with Crippen LogP contribution in [0.4, 0.5) is 24.7 Å². The van der Waals surface area contributed by atoms with Gasteiger partial charge in [0, 0.05) is 79.0 Å². The van der Waals surface area contributed by atoms with Crippen LogP contribution in [0.3, 0.4) is 0 Å². The third-order valence-corrected chi connectivity index (χ3v) is 8.07. The zero-order chi connectivity index (χ0) is 32.6. The van der Waals surface area contributed by atoms with Crippen molar-refractivity contribution in [3.8, 4) is 28.1 Å². The molecule has 0 radical (unpaired) electrons. The van der Waals surface area contributed by atoms with E-state index in [0.29, 0.717) is 58.2 Å². The van der Waals surface area contributed by atoms with Crippen molar-refractivity contribution in [3.63, 3.8) is 0 Å². The van der Waals surface area contributed by atoms with Crippen molar-refractivity contribution in [2.75, 3.05) is 25.0 Å². The monoisotopic (exact) mass is 654 g/mol. The van der Waals surface area contributed by atoms with Crippen LogP contribution in [0.1, 0.15) is 29.5 Å². The summed E-state index contributed by atoms with van der Waals surface area (Å²) in [6.07, 6.45) is 4.28. The Balaban J connectivity index is 1.39. The number of aromatic nitrogens is 2. The van der Waals surface area contributed by atoms with E-state index in [1.54, 1.807) is 42.6 Å². The minimum absolute atomic E-state index is 0.00221. The lowest BCUT2D eigenvalue weighted by Gasteiger charge is -2.17. The van der Waals surface area contributed by atoms with Crippen molar-refractivity contribution in [1.82, 2.24) is 25.9 Å². The van der Waals surface area contributed by atoms with Gasteiger partial charge in [-0.15, -0.1) is 0 Å². The smallest absolute Gasteiger partial charge is 0.387 e. The van der Waals surface area contributed by atoms with E-state index in [1.165, 1.54) is 12.3 Å². The number of aliphatic hydroxyl groups excluding tert-OH is 1. The Kier molecular flexibility index (Phi) is 11.1. The van der Waals surface area contributed by atoms with Gasteiger partial charge in [-0.3, -0.25) is 9.78 Å². The number of anilines is 2. The fourth-order valence-electron chi connectivity index (χ4n) is 5.32. The van der Waals surface area contributed by atoms with Gasteiger partial charge < -0.3 is 31.1 Å². The average Bonchev–Trinajstić information content (AvgIpc) is 3.45. The number of hydrogen-bond acceptors (Lipinski definition) is 8. The van der Waals surface area contributed by atoms with Crippen molar-refractivity contribution < 1.29 is 27.8 Å². The van der Waals surface area contributed by atoms with E-state index in [4.69, 9.17) is 21.4 Å². The van der Waals surface area contributed by atoms with Gasteiger partial charge in [0.05, 0.1) is 17.3 Å². The number of carbonyl (C=O) groups is 1. The van der Waals surface area contributed by atoms with Gasteiger partial charge >= 0.3 is 6.61 Å². The van der Waals surface area contributed by atoms with Gasteiger partial charge in [0.15, 0.2) is 11.6 Å². The van der Waals surface area contributed by atoms with E-state index in [1.807, 2.05) is 13.0 Å². The first-order valence-corrected chi connectivity index (χ1v) is 15.2. The molecule has 1 atom stereocenters. The molecule has 0 bridgehead atoms. The molecule has 5 rings (SSSR count). The summed E-state index contributed by atoms with van der Waals surface area (Å²) in [5, 5.41) is 21.4. The topological polar surface area (TPSA) is 120 Å². The van der Waals surface area contributed by atoms with E-state index in [2.05, 4.69) is 31.2 Å². The highest BCUT2D eigenvalue weighted by Gasteiger charge is 2.21. The van der Waals surface area contributed by atoms with Crippen molar-refractivity contribution in [2.45, 2.75) is 45.5 Å². The van der Waals surface area contributed by atoms with Crippen LogP contribution < -0.4 is 26.0 Å². The van der Waals surface area contributed by atoms with Crippen molar-refractivity contribution in [3.05, 3.63) is 88.5 Å². The molecule has 0 saturated carbocycles. The van der Waals surface area contributed by atoms with Crippen molar-refractivity contribution >= 4 is 29.0 Å². The third kappa shape index (κ3) is 7.94. The van der Waals surface area contributed by atoms with Crippen molar-refractivity contribution in [1.29, 1.82) is 0 Å². The first-order chi connectivity index (χ1) is 22.2. The Hall–Kier alpha value is -4.23. The van der Waals surface area contributed by atoms with Crippen LogP contribution in [0.5, 0.6) is 5.75 Å². The predicted octanol–water partition coefficient (Wildman–Crippen LogP) is 5.71. The van der Waals surface area contributed by atoms with E-state index < -0.39 is 12.4 Å². The number of carbonyl (C=O) groups excluding carboxylic acids is 1. The van der Waals surface area contributed by atoms with Crippen LogP contribution in [0.25, 0.3) is 22.4 Å². The molecule has 46 heavy (non-hydrogen) atoms. The molecule has 1 fully saturated rings. The molecule has 2 aromatic heterocycles. The number of rotatable bonds is 14. The molecule has 9 nitrogen and oxygen atoms in total. The van der Waals surface area contributed by atoms with Gasteiger partial charge in [-0.05, 0) is 48.7 Å². The number of nitrogens with zero attached hydrogens (tertiary/aromatic N) is 2. The Bertz CT molecular complexity index is 1690. The SMILES string of the molecule is Cc1c(Nc2nccc(CNCCO)c2F)cccc1-c1ccnc(-c2ccc(CNC[C@@H]3CCC(=O)N3)c(OC(F)F)c2)c1Cl. The third-order valence-electron chi connectivity index (χ3n) is 7.69. The van der Waals surface area contributed by atoms with E-state index >= 15 is 4.39 Å². The molecule has 5 N–H and O–H groups in total. The predicted molar refractivity (Wildman–Crippen MR) is 171 cm³/mol. The molecule has 0 unspecified atom stereocenters. The molecule has 3 heterocycles. The minimum atomic E-state index is -3.03. The number of hydrogen-bond donors (Lipinski definition) is 5. The van der Waals surface area contributed by atoms with Crippen LogP contribution in [-0.2, 0) is 17.9 Å². The van der Waals surface area contributed by atoms with Gasteiger partial charge in [0.1, 0.15) is 5.75 Å². The maximum absolute atomic E-state index is 15.2. The average molecular weight is 655 g/mol. The van der Waals surface area contributed by atoms with Gasteiger partial charge in [0.2, 0.25) is 5.91 Å². The van der Waals surface area contributed by atoms with Crippen LogP contribution in [0.2, 0.25) is 5.02 Å². The molecular formula is C33H34ClF3N6O3. The normalized spacial score (nSPS) is 14.5. The lowest BCUT2D eigenvalue weighted by molar-refractivity contribution is -0.119. The van der Waals surface area contributed by atoms with Crippen LogP contribution in [-0.4, -0.2) is 53.3 Å². The number of halogens is 4. The first-order valence-electron chi connectivity index (χ1n) is 14.8. The number of alkyl halides is 2. The highest BCUT2D eigenvalue weighted by Crippen LogP contribution is 2.39. The lowest BCUT2D eigenvalue weighted by atomic mass is 9.97. The van der Waals surface area contributed by atoms with Crippen LogP contribution in [0, 0.1) is 12.7 Å². The van der Waals surface area contributed by atoms with Gasteiger partial charge in [-0.25, -0.2) is 9.37 Å². The Morgan fingerprint density at radius 1 is 1.07 bits per heavy atom. The molecule has 1 amide bonds. The number of benzene rings is 2. The molecule has 1 aliphatic heterocycles. The highest BCUT2D eigenvalue weighted by atomic mass is 35.5. The molecule has 1 aliphatic rings. The summed E-state index contributed by atoms with van der Waals surface area (Å²) in [6, 6.07) is 13.7. The number of pyridine rings is 2. The summed E-state index contributed by atoms with van der Waals surface area (Å²) in [5.74, 6) is -0.459. The fourth-order valence-corrected chi connectivity index (χ4v) is 5.64. The Labute approximate surface area is 269 Å². The Morgan fingerprint density at radius 3 is 2.63 bits per heavy atom. The molecular weight excluding hydrogens is 621 g/mol. The summed E-state index contributed by atoms with van der Waals surface area (Å²) < 4.78 is 46.8. The fraction of sp³-hybridized carbons (Fsp3) is 0.303. The Morgan fingerprint density at radius 2 is 1.87 bits per heavy atom. The zero-order valence-corrected chi connectivity index (χ0v) is 25.8. The second-order valence-corrected chi connectivity index (χ2v) is 11.2. The molecule has 4 aromatic rings. The highest BCUT2D eigenvalue weighted by molar-refractivity contribution is 6.35. The zero-order valence-electron chi connectivity index (χ0n) is 25.0.